The lowest BCUT2D eigenvalue weighted by Crippen LogP contribution is -2.50. The van der Waals surface area contributed by atoms with Gasteiger partial charge in [0.1, 0.15) is 11.7 Å². The van der Waals surface area contributed by atoms with E-state index in [2.05, 4.69) is 28.7 Å². The van der Waals surface area contributed by atoms with Gasteiger partial charge in [-0.15, -0.1) is 0 Å². The van der Waals surface area contributed by atoms with E-state index in [-0.39, 0.29) is 42.7 Å². The molecule has 0 aromatic carbocycles. The molecule has 2 amide bonds. The van der Waals surface area contributed by atoms with Crippen molar-refractivity contribution < 1.29 is 19.4 Å². The van der Waals surface area contributed by atoms with E-state index in [1.54, 1.807) is 41.5 Å². The maximum absolute atomic E-state index is 13.4. The number of aliphatic hydroxyl groups excluding tert-OH is 1. The minimum atomic E-state index is -0.397. The Balaban J connectivity index is 1.87. The summed E-state index contributed by atoms with van der Waals surface area (Å²) in [4.78, 5) is 38.0. The zero-order valence-corrected chi connectivity index (χ0v) is 20.9. The summed E-state index contributed by atoms with van der Waals surface area (Å²) in [5, 5.41) is 9.80. The van der Waals surface area contributed by atoms with Crippen LogP contribution in [0.25, 0.3) is 0 Å². The Hall–Kier alpha value is -3.44. The molecule has 0 fully saturated rings. The molecule has 2 aromatic heterocycles. The van der Waals surface area contributed by atoms with Crippen LogP contribution in [0.1, 0.15) is 55.1 Å². The van der Waals surface area contributed by atoms with Gasteiger partial charge in [-0.25, -0.2) is 4.98 Å². The number of hydrogen-bond acceptors (Lipinski definition) is 6. The molecular weight excluding hydrogens is 444 g/mol. The highest BCUT2D eigenvalue weighted by Crippen LogP contribution is 2.27. The second-order valence-corrected chi connectivity index (χ2v) is 9.06. The van der Waals surface area contributed by atoms with Crippen molar-refractivity contribution in [3.05, 3.63) is 53.5 Å². The number of aliphatic hydroxyl groups is 1. The first-order chi connectivity index (χ1) is 16.8. The van der Waals surface area contributed by atoms with E-state index < -0.39 is 6.10 Å². The van der Waals surface area contributed by atoms with Crippen molar-refractivity contribution in [2.75, 3.05) is 26.7 Å². The molecule has 0 radical (unpaired) electrons. The Morgan fingerprint density at radius 2 is 2.11 bits per heavy atom. The van der Waals surface area contributed by atoms with Gasteiger partial charge in [0.25, 0.3) is 5.91 Å². The molecule has 0 saturated heterocycles. The molecule has 8 heteroatoms. The number of nitrogens with zero attached hydrogens (tertiary/aromatic N) is 4. The summed E-state index contributed by atoms with van der Waals surface area (Å²) in [6.07, 6.45) is 6.51. The van der Waals surface area contributed by atoms with Gasteiger partial charge in [-0.2, -0.15) is 0 Å². The van der Waals surface area contributed by atoms with Gasteiger partial charge in [-0.05, 0) is 37.1 Å². The Kier molecular flexibility index (Phi) is 9.21. The molecule has 0 bridgehead atoms. The van der Waals surface area contributed by atoms with E-state index in [1.807, 2.05) is 26.0 Å². The molecule has 1 aliphatic rings. The standard InChI is InChI=1S/C27H34N4O4/c1-5-6-7-8-22-13-23-26(29-15-22)35-24(19(2)16-31(27(23)34)20(3)18-32)17-30(4)25(33)14-21-9-11-28-12-10-21/h9-13,15,19-20,24,32H,5-6,14,16-18H2,1-4H3/t19-,20+,24+/m1/s1. The van der Waals surface area contributed by atoms with Gasteiger partial charge >= 0.3 is 0 Å². The normalized spacial score (nSPS) is 18.3. The van der Waals surface area contributed by atoms with Crippen LogP contribution in [0.15, 0.2) is 36.8 Å². The third-order valence-electron chi connectivity index (χ3n) is 6.11. The fraction of sp³-hybridized carbons (Fsp3) is 0.481. The predicted octanol–water partition coefficient (Wildman–Crippen LogP) is 2.55. The number of hydrogen-bond donors (Lipinski definition) is 1. The summed E-state index contributed by atoms with van der Waals surface area (Å²) in [6, 6.07) is 4.97. The molecule has 35 heavy (non-hydrogen) atoms. The number of carbonyl (C=O) groups excluding carboxylic acids is 2. The number of rotatable bonds is 7. The topological polar surface area (TPSA) is 95.9 Å². The maximum Gasteiger partial charge on any atom is 0.259 e. The van der Waals surface area contributed by atoms with Crippen molar-refractivity contribution >= 4 is 11.8 Å². The molecule has 1 aliphatic heterocycles. The lowest BCUT2D eigenvalue weighted by molar-refractivity contribution is -0.130. The SMILES string of the molecule is CCCC#Cc1cnc2c(c1)C(=O)N([C@@H](C)CO)C[C@@H](C)[C@H](CN(C)C(=O)Cc1ccncc1)O2. The largest absolute Gasteiger partial charge is 0.472 e. The van der Waals surface area contributed by atoms with E-state index in [0.29, 0.717) is 24.2 Å². The quantitative estimate of drug-likeness (QED) is 0.615. The van der Waals surface area contributed by atoms with Crippen LogP contribution in [0.5, 0.6) is 5.88 Å². The number of amides is 2. The molecular formula is C27H34N4O4. The number of carbonyl (C=O) groups is 2. The fourth-order valence-electron chi connectivity index (χ4n) is 3.86. The smallest absolute Gasteiger partial charge is 0.259 e. The molecule has 186 valence electrons. The van der Waals surface area contributed by atoms with Gasteiger partial charge in [-0.3, -0.25) is 14.6 Å². The molecule has 0 saturated carbocycles. The molecule has 8 nitrogen and oxygen atoms in total. The summed E-state index contributed by atoms with van der Waals surface area (Å²) in [7, 11) is 1.75. The highest BCUT2D eigenvalue weighted by Gasteiger charge is 2.34. The third-order valence-corrected chi connectivity index (χ3v) is 6.11. The van der Waals surface area contributed by atoms with E-state index >= 15 is 0 Å². The zero-order valence-electron chi connectivity index (χ0n) is 20.9. The Morgan fingerprint density at radius 3 is 2.80 bits per heavy atom. The number of pyridine rings is 2. The number of aromatic nitrogens is 2. The number of likely N-dealkylation sites (N-methyl/N-ethyl adjacent to an activating group) is 1. The Labute approximate surface area is 207 Å². The van der Waals surface area contributed by atoms with Crippen LogP contribution in [0.2, 0.25) is 0 Å². The van der Waals surface area contributed by atoms with Crippen LogP contribution in [-0.4, -0.2) is 75.6 Å². The van der Waals surface area contributed by atoms with Crippen molar-refractivity contribution in [2.45, 2.75) is 52.2 Å². The molecule has 3 heterocycles. The summed E-state index contributed by atoms with van der Waals surface area (Å²) in [5.41, 5.74) is 1.84. The van der Waals surface area contributed by atoms with Gasteiger partial charge < -0.3 is 19.6 Å². The average molecular weight is 479 g/mol. The lowest BCUT2D eigenvalue weighted by atomic mass is 9.99. The zero-order chi connectivity index (χ0) is 25.4. The second kappa shape index (κ2) is 12.3. The third kappa shape index (κ3) is 6.80. The summed E-state index contributed by atoms with van der Waals surface area (Å²) >= 11 is 0. The Morgan fingerprint density at radius 1 is 1.37 bits per heavy atom. The molecule has 0 aliphatic carbocycles. The summed E-state index contributed by atoms with van der Waals surface area (Å²) in [5.74, 6) is 5.95. The first kappa shape index (κ1) is 26.2. The van der Waals surface area contributed by atoms with Crippen LogP contribution in [0.3, 0.4) is 0 Å². The molecule has 3 rings (SSSR count). The maximum atomic E-state index is 13.4. The first-order valence-corrected chi connectivity index (χ1v) is 12.0. The van der Waals surface area contributed by atoms with Gasteiger partial charge in [0, 0.05) is 50.1 Å². The van der Waals surface area contributed by atoms with E-state index in [1.165, 1.54) is 0 Å². The lowest BCUT2D eigenvalue weighted by Gasteiger charge is -2.37. The molecule has 0 spiro atoms. The van der Waals surface area contributed by atoms with E-state index in [9.17, 15) is 14.7 Å². The van der Waals surface area contributed by atoms with Crippen molar-refractivity contribution in [1.82, 2.24) is 19.8 Å². The monoisotopic (exact) mass is 478 g/mol. The van der Waals surface area contributed by atoms with Crippen LogP contribution in [0.4, 0.5) is 0 Å². The van der Waals surface area contributed by atoms with Gasteiger partial charge in [0.15, 0.2) is 0 Å². The molecule has 1 N–H and O–H groups in total. The summed E-state index contributed by atoms with van der Waals surface area (Å²) in [6.45, 7) is 6.39. The van der Waals surface area contributed by atoms with Crippen LogP contribution >= 0.6 is 0 Å². The fourth-order valence-corrected chi connectivity index (χ4v) is 3.86. The summed E-state index contributed by atoms with van der Waals surface area (Å²) < 4.78 is 6.26. The van der Waals surface area contributed by atoms with Crippen LogP contribution in [0, 0.1) is 17.8 Å². The highest BCUT2D eigenvalue weighted by molar-refractivity contribution is 5.97. The highest BCUT2D eigenvalue weighted by atomic mass is 16.5. The van der Waals surface area contributed by atoms with E-state index in [0.717, 1.165) is 18.4 Å². The average Bonchev–Trinajstić information content (AvgIpc) is 2.86. The van der Waals surface area contributed by atoms with Gasteiger partial charge in [-0.1, -0.05) is 25.7 Å². The number of fused-ring (bicyclic) bond motifs is 1. The van der Waals surface area contributed by atoms with Crippen molar-refractivity contribution in [1.29, 1.82) is 0 Å². The molecule has 2 aromatic rings. The van der Waals surface area contributed by atoms with Crippen molar-refractivity contribution in [2.24, 2.45) is 5.92 Å². The minimum absolute atomic E-state index is 0.0413. The van der Waals surface area contributed by atoms with Crippen molar-refractivity contribution in [3.63, 3.8) is 0 Å². The second-order valence-electron chi connectivity index (χ2n) is 9.06. The van der Waals surface area contributed by atoms with Crippen LogP contribution < -0.4 is 4.74 Å². The molecule has 0 unspecified atom stereocenters. The number of ether oxygens (including phenoxy) is 1. The first-order valence-electron chi connectivity index (χ1n) is 12.0. The van der Waals surface area contributed by atoms with E-state index in [4.69, 9.17) is 4.74 Å². The van der Waals surface area contributed by atoms with Crippen LogP contribution in [-0.2, 0) is 11.2 Å². The van der Waals surface area contributed by atoms with Crippen molar-refractivity contribution in [3.8, 4) is 17.7 Å². The molecule has 3 atom stereocenters. The number of unbranched alkanes of at least 4 members (excludes halogenated alkanes) is 1. The van der Waals surface area contributed by atoms with Gasteiger partial charge in [0.2, 0.25) is 11.8 Å². The Bertz CT molecular complexity index is 1080. The minimum Gasteiger partial charge on any atom is -0.472 e. The van der Waals surface area contributed by atoms with Gasteiger partial charge in [0.05, 0.1) is 25.6 Å². The predicted molar refractivity (Wildman–Crippen MR) is 133 cm³/mol.